The second-order valence-electron chi connectivity index (χ2n) is 3.39. The molecule has 0 saturated carbocycles. The maximum atomic E-state index is 13.1. The van der Waals surface area contributed by atoms with Crippen LogP contribution in [0.2, 0.25) is 0 Å². The minimum absolute atomic E-state index is 0.0556. The predicted molar refractivity (Wildman–Crippen MR) is 49.5 cm³/mol. The molecule has 4 nitrogen and oxygen atoms in total. The molecule has 0 aliphatic heterocycles. The molecule has 0 spiro atoms. The number of pyridine rings is 1. The number of carboxylic acids is 1. The van der Waals surface area contributed by atoms with Crippen LogP contribution >= 0.6 is 0 Å². The monoisotopic (exact) mass is 198 g/mol. The Labute approximate surface area is 80.8 Å². The summed E-state index contributed by atoms with van der Waals surface area (Å²) in [7, 11) is 0. The molecule has 0 atom stereocenters. The molecule has 1 heterocycles. The Balaban J connectivity index is 2.89. The van der Waals surface area contributed by atoms with Crippen LogP contribution in [0, 0.1) is 5.82 Å². The van der Waals surface area contributed by atoms with Gasteiger partial charge in [0.25, 0.3) is 0 Å². The molecule has 0 bridgehead atoms. The fraction of sp³-hybridized carbons (Fsp3) is 0.333. The number of rotatable bonds is 3. The van der Waals surface area contributed by atoms with E-state index >= 15 is 0 Å². The molecule has 1 aromatic heterocycles. The summed E-state index contributed by atoms with van der Waals surface area (Å²) >= 11 is 0. The van der Waals surface area contributed by atoms with Crippen LogP contribution in [0.4, 0.5) is 10.2 Å². The lowest BCUT2D eigenvalue weighted by Gasteiger charge is -2.21. The highest BCUT2D eigenvalue weighted by Crippen LogP contribution is 2.15. The third-order valence-corrected chi connectivity index (χ3v) is 1.72. The zero-order valence-electron chi connectivity index (χ0n) is 7.91. The van der Waals surface area contributed by atoms with Gasteiger partial charge in [-0.25, -0.2) is 14.2 Å². The van der Waals surface area contributed by atoms with E-state index in [1.165, 1.54) is 32.2 Å². The van der Waals surface area contributed by atoms with Crippen LogP contribution in [0.25, 0.3) is 0 Å². The maximum Gasteiger partial charge on any atom is 0.328 e. The molecule has 0 amide bonds. The Morgan fingerprint density at radius 2 is 2.29 bits per heavy atom. The molecule has 2 N–H and O–H groups in total. The van der Waals surface area contributed by atoms with E-state index in [0.717, 1.165) is 0 Å². The normalized spacial score (nSPS) is 11.1. The van der Waals surface area contributed by atoms with Gasteiger partial charge in [-0.05, 0) is 26.0 Å². The van der Waals surface area contributed by atoms with Gasteiger partial charge in [0, 0.05) is 6.20 Å². The van der Waals surface area contributed by atoms with Gasteiger partial charge in [0.05, 0.1) is 0 Å². The number of carbonyl (C=O) groups is 1. The predicted octanol–water partition coefficient (Wildman–Crippen LogP) is 1.50. The summed E-state index contributed by atoms with van der Waals surface area (Å²) in [6.45, 7) is 2.87. The van der Waals surface area contributed by atoms with Crippen molar-refractivity contribution in [1.82, 2.24) is 4.98 Å². The average Bonchev–Trinajstić information content (AvgIpc) is 2.08. The van der Waals surface area contributed by atoms with Crippen molar-refractivity contribution in [2.45, 2.75) is 19.4 Å². The van der Waals surface area contributed by atoms with E-state index in [0.29, 0.717) is 0 Å². The Hall–Kier alpha value is -1.65. The number of nitrogens with one attached hydrogen (secondary N) is 1. The van der Waals surface area contributed by atoms with Gasteiger partial charge < -0.3 is 10.4 Å². The molecular formula is C9H11FN2O2. The molecule has 1 aromatic rings. The van der Waals surface area contributed by atoms with Gasteiger partial charge in [0.15, 0.2) is 11.6 Å². The van der Waals surface area contributed by atoms with Crippen molar-refractivity contribution in [2.75, 3.05) is 5.32 Å². The van der Waals surface area contributed by atoms with Crippen molar-refractivity contribution in [3.8, 4) is 0 Å². The smallest absolute Gasteiger partial charge is 0.328 e. The van der Waals surface area contributed by atoms with Gasteiger partial charge in [-0.3, -0.25) is 0 Å². The number of hydrogen-bond donors (Lipinski definition) is 2. The van der Waals surface area contributed by atoms with Gasteiger partial charge in [0.2, 0.25) is 0 Å². The van der Waals surface area contributed by atoms with Crippen LogP contribution in [0.1, 0.15) is 13.8 Å². The van der Waals surface area contributed by atoms with Crippen LogP contribution < -0.4 is 5.32 Å². The van der Waals surface area contributed by atoms with Crippen molar-refractivity contribution in [3.63, 3.8) is 0 Å². The van der Waals surface area contributed by atoms with Gasteiger partial charge in [-0.2, -0.15) is 0 Å². The minimum Gasteiger partial charge on any atom is -0.480 e. The first-order valence-corrected chi connectivity index (χ1v) is 4.05. The number of halogens is 1. The summed E-state index contributed by atoms with van der Waals surface area (Å²) in [4.78, 5) is 14.4. The average molecular weight is 198 g/mol. The van der Waals surface area contributed by atoms with Crippen molar-refractivity contribution in [3.05, 3.63) is 24.1 Å². The molecule has 0 aliphatic carbocycles. The first kappa shape index (κ1) is 10.4. The van der Waals surface area contributed by atoms with Crippen LogP contribution in [0.5, 0.6) is 0 Å². The highest BCUT2D eigenvalue weighted by Gasteiger charge is 2.27. The quantitative estimate of drug-likeness (QED) is 0.772. The Morgan fingerprint density at radius 3 is 2.79 bits per heavy atom. The van der Waals surface area contributed by atoms with Crippen LogP contribution in [0.3, 0.4) is 0 Å². The van der Waals surface area contributed by atoms with E-state index in [1.807, 2.05) is 0 Å². The molecule has 1 rings (SSSR count). The summed E-state index contributed by atoms with van der Waals surface area (Å²) in [5.74, 6) is -1.69. The van der Waals surface area contributed by atoms with Crippen LogP contribution in [-0.2, 0) is 4.79 Å². The van der Waals surface area contributed by atoms with Crippen molar-refractivity contribution in [2.24, 2.45) is 0 Å². The second-order valence-corrected chi connectivity index (χ2v) is 3.39. The van der Waals surface area contributed by atoms with E-state index in [-0.39, 0.29) is 5.82 Å². The maximum absolute atomic E-state index is 13.1. The fourth-order valence-corrected chi connectivity index (χ4v) is 0.827. The minimum atomic E-state index is -1.24. The van der Waals surface area contributed by atoms with Crippen LogP contribution in [0.15, 0.2) is 18.3 Å². The molecule has 0 radical (unpaired) electrons. The lowest BCUT2D eigenvalue weighted by atomic mass is 10.1. The number of hydrogen-bond acceptors (Lipinski definition) is 3. The molecule has 76 valence electrons. The highest BCUT2D eigenvalue weighted by atomic mass is 19.1. The lowest BCUT2D eigenvalue weighted by molar-refractivity contribution is -0.141. The molecular weight excluding hydrogens is 187 g/mol. The molecule has 0 unspecified atom stereocenters. The SMILES string of the molecule is CC(C)(Nc1ncccc1F)C(=O)O. The largest absolute Gasteiger partial charge is 0.480 e. The third-order valence-electron chi connectivity index (χ3n) is 1.72. The van der Waals surface area contributed by atoms with Crippen molar-refractivity contribution < 1.29 is 14.3 Å². The van der Waals surface area contributed by atoms with Gasteiger partial charge in [-0.15, -0.1) is 0 Å². The molecule has 5 heteroatoms. The van der Waals surface area contributed by atoms with Gasteiger partial charge in [-0.1, -0.05) is 0 Å². The summed E-state index contributed by atoms with van der Waals surface area (Å²) in [5.41, 5.74) is -1.24. The summed E-state index contributed by atoms with van der Waals surface area (Å²) in [6, 6.07) is 2.65. The van der Waals surface area contributed by atoms with Gasteiger partial charge in [0.1, 0.15) is 5.54 Å². The topological polar surface area (TPSA) is 62.2 Å². The lowest BCUT2D eigenvalue weighted by Crippen LogP contribution is -2.40. The van der Waals surface area contributed by atoms with E-state index in [2.05, 4.69) is 10.3 Å². The highest BCUT2D eigenvalue weighted by molar-refractivity contribution is 5.81. The Kier molecular flexibility index (Phi) is 2.69. The van der Waals surface area contributed by atoms with Crippen LogP contribution in [-0.4, -0.2) is 21.6 Å². The Bertz CT molecular complexity index is 352. The van der Waals surface area contributed by atoms with Crippen molar-refractivity contribution in [1.29, 1.82) is 0 Å². The Morgan fingerprint density at radius 1 is 1.64 bits per heavy atom. The molecule has 0 fully saturated rings. The number of aromatic nitrogens is 1. The summed E-state index contributed by atoms with van der Waals surface area (Å²) in [6.07, 6.45) is 1.39. The first-order valence-electron chi connectivity index (χ1n) is 4.05. The fourth-order valence-electron chi connectivity index (χ4n) is 0.827. The van der Waals surface area contributed by atoms with E-state index in [4.69, 9.17) is 5.11 Å². The number of carboxylic acid groups (broad SMARTS) is 1. The summed E-state index contributed by atoms with van der Waals surface area (Å²) < 4.78 is 13.1. The molecule has 0 aliphatic rings. The van der Waals surface area contributed by atoms with E-state index in [9.17, 15) is 9.18 Å². The first-order chi connectivity index (χ1) is 6.43. The number of nitrogens with zero attached hydrogens (tertiary/aromatic N) is 1. The standard InChI is InChI=1S/C9H11FN2O2/c1-9(2,8(13)14)12-7-6(10)4-3-5-11-7/h3-5H,1-2H3,(H,11,12)(H,13,14). The second kappa shape index (κ2) is 3.61. The van der Waals surface area contributed by atoms with Crippen molar-refractivity contribution >= 4 is 11.8 Å². The molecule has 0 aromatic carbocycles. The summed E-state index contributed by atoms with van der Waals surface area (Å²) in [5, 5.41) is 11.3. The molecule has 14 heavy (non-hydrogen) atoms. The zero-order chi connectivity index (χ0) is 10.8. The third kappa shape index (κ3) is 2.18. The number of aliphatic carboxylic acids is 1. The zero-order valence-corrected chi connectivity index (χ0v) is 7.91. The molecule has 0 saturated heterocycles. The number of anilines is 1. The van der Waals surface area contributed by atoms with Gasteiger partial charge >= 0.3 is 5.97 Å². The van der Waals surface area contributed by atoms with E-state index in [1.54, 1.807) is 0 Å². The van der Waals surface area contributed by atoms with E-state index < -0.39 is 17.3 Å².